The molecule has 0 bridgehead atoms. The van der Waals surface area contributed by atoms with E-state index in [9.17, 15) is 25.0 Å². The maximum atomic E-state index is 12.4. The lowest BCUT2D eigenvalue weighted by atomic mass is 9.99. The normalized spacial score (nSPS) is 18.3. The van der Waals surface area contributed by atoms with E-state index in [1.54, 1.807) is 4.90 Å². The maximum absolute atomic E-state index is 12.4. The third-order valence-electron chi connectivity index (χ3n) is 3.52. The number of nitrogens with zero attached hydrogens (tertiary/aromatic N) is 3. The summed E-state index contributed by atoms with van der Waals surface area (Å²) in [4.78, 5) is 34.2. The quantitative estimate of drug-likeness (QED) is 0.628. The standard InChI is InChI=1S/C13H15N3O5/c1-9-3-2-4-14(8-9)13(17)10-5-11(15(18)19)7-12(6-10)16(20)21/h5-7,9H,2-4,8H2,1H3/t9-/m1/s1. The van der Waals surface area contributed by atoms with Gasteiger partial charge in [-0.2, -0.15) is 0 Å². The summed E-state index contributed by atoms with van der Waals surface area (Å²) >= 11 is 0. The predicted molar refractivity (Wildman–Crippen MR) is 74.1 cm³/mol. The van der Waals surface area contributed by atoms with E-state index in [0.29, 0.717) is 19.0 Å². The van der Waals surface area contributed by atoms with Crippen LogP contribution in [-0.4, -0.2) is 33.7 Å². The smallest absolute Gasteiger partial charge is 0.277 e. The summed E-state index contributed by atoms with van der Waals surface area (Å²) in [7, 11) is 0. The minimum Gasteiger partial charge on any atom is -0.338 e. The number of carbonyl (C=O) groups is 1. The van der Waals surface area contributed by atoms with Crippen LogP contribution < -0.4 is 0 Å². The molecule has 0 aliphatic carbocycles. The van der Waals surface area contributed by atoms with Gasteiger partial charge in [0.25, 0.3) is 17.3 Å². The Hall–Kier alpha value is -2.51. The minimum atomic E-state index is -0.734. The number of hydrogen-bond donors (Lipinski definition) is 0. The number of nitro benzene ring substituents is 2. The highest BCUT2D eigenvalue weighted by Gasteiger charge is 2.25. The molecule has 1 aliphatic heterocycles. The molecule has 2 rings (SSSR count). The van der Waals surface area contributed by atoms with Gasteiger partial charge in [0.1, 0.15) is 0 Å². The molecule has 1 aromatic rings. The van der Waals surface area contributed by atoms with Crippen molar-refractivity contribution in [3.8, 4) is 0 Å². The summed E-state index contributed by atoms with van der Waals surface area (Å²) in [6, 6.07) is 3.04. The fraction of sp³-hybridized carbons (Fsp3) is 0.462. The molecule has 1 atom stereocenters. The van der Waals surface area contributed by atoms with Gasteiger partial charge in [-0.3, -0.25) is 25.0 Å². The van der Waals surface area contributed by atoms with Gasteiger partial charge < -0.3 is 4.90 Å². The van der Waals surface area contributed by atoms with Crippen LogP contribution in [0.5, 0.6) is 0 Å². The zero-order chi connectivity index (χ0) is 15.6. The van der Waals surface area contributed by atoms with E-state index in [-0.39, 0.29) is 5.56 Å². The number of piperidine rings is 1. The molecule has 0 saturated carbocycles. The number of amides is 1. The first kappa shape index (κ1) is 14.9. The Kier molecular flexibility index (Phi) is 4.15. The molecule has 0 spiro atoms. The van der Waals surface area contributed by atoms with Crippen LogP contribution in [0, 0.1) is 26.1 Å². The summed E-state index contributed by atoms with van der Waals surface area (Å²) in [5.41, 5.74) is -0.903. The topological polar surface area (TPSA) is 107 Å². The molecule has 112 valence electrons. The molecular weight excluding hydrogens is 278 g/mol. The van der Waals surface area contributed by atoms with E-state index < -0.39 is 27.1 Å². The molecule has 1 heterocycles. The van der Waals surface area contributed by atoms with E-state index in [4.69, 9.17) is 0 Å². The zero-order valence-electron chi connectivity index (χ0n) is 11.5. The second-order valence-electron chi connectivity index (χ2n) is 5.25. The van der Waals surface area contributed by atoms with Gasteiger partial charge in [-0.1, -0.05) is 6.92 Å². The molecule has 1 aliphatic rings. The molecule has 0 N–H and O–H groups in total. The number of hydrogen-bond acceptors (Lipinski definition) is 5. The van der Waals surface area contributed by atoms with Crippen LogP contribution in [0.2, 0.25) is 0 Å². The van der Waals surface area contributed by atoms with Crippen molar-refractivity contribution in [2.75, 3.05) is 13.1 Å². The van der Waals surface area contributed by atoms with Crippen molar-refractivity contribution in [2.45, 2.75) is 19.8 Å². The SMILES string of the molecule is C[C@@H]1CCCN(C(=O)c2cc([N+](=O)[O-])cc([N+](=O)[O-])c2)C1. The van der Waals surface area contributed by atoms with Gasteiger partial charge in [-0.25, -0.2) is 0 Å². The molecule has 21 heavy (non-hydrogen) atoms. The van der Waals surface area contributed by atoms with E-state index in [1.165, 1.54) is 0 Å². The van der Waals surface area contributed by atoms with E-state index in [1.807, 2.05) is 6.92 Å². The Bertz CT molecular complexity index is 569. The van der Waals surface area contributed by atoms with Crippen molar-refractivity contribution < 1.29 is 14.6 Å². The lowest BCUT2D eigenvalue weighted by Crippen LogP contribution is -2.39. The van der Waals surface area contributed by atoms with Crippen molar-refractivity contribution >= 4 is 17.3 Å². The van der Waals surface area contributed by atoms with Crippen LogP contribution in [0.1, 0.15) is 30.1 Å². The highest BCUT2D eigenvalue weighted by molar-refractivity contribution is 5.95. The number of rotatable bonds is 3. The average molecular weight is 293 g/mol. The number of non-ortho nitro benzene ring substituents is 2. The Morgan fingerprint density at radius 2 is 1.76 bits per heavy atom. The van der Waals surface area contributed by atoms with Gasteiger partial charge in [-0.05, 0) is 18.8 Å². The molecule has 1 amide bonds. The average Bonchev–Trinajstić information content (AvgIpc) is 2.45. The fourth-order valence-corrected chi connectivity index (χ4v) is 2.49. The van der Waals surface area contributed by atoms with E-state index in [2.05, 4.69) is 0 Å². The van der Waals surface area contributed by atoms with Gasteiger partial charge in [0.05, 0.1) is 21.5 Å². The third-order valence-corrected chi connectivity index (χ3v) is 3.52. The van der Waals surface area contributed by atoms with Crippen LogP contribution in [0.4, 0.5) is 11.4 Å². The van der Waals surface area contributed by atoms with Crippen LogP contribution in [0.15, 0.2) is 18.2 Å². The van der Waals surface area contributed by atoms with Crippen molar-refractivity contribution in [3.05, 3.63) is 44.0 Å². The number of nitro groups is 2. The number of benzene rings is 1. The minimum absolute atomic E-state index is 0.00926. The zero-order valence-corrected chi connectivity index (χ0v) is 11.5. The van der Waals surface area contributed by atoms with Crippen LogP contribution in [0.3, 0.4) is 0 Å². The summed E-state index contributed by atoms with van der Waals surface area (Å²) in [6.07, 6.45) is 1.89. The Morgan fingerprint density at radius 3 is 2.24 bits per heavy atom. The van der Waals surface area contributed by atoms with Gasteiger partial charge >= 0.3 is 0 Å². The van der Waals surface area contributed by atoms with E-state index >= 15 is 0 Å². The van der Waals surface area contributed by atoms with E-state index in [0.717, 1.165) is 31.0 Å². The number of carbonyl (C=O) groups excluding carboxylic acids is 1. The predicted octanol–water partition coefficient (Wildman–Crippen LogP) is 2.38. The molecule has 1 aromatic carbocycles. The highest BCUT2D eigenvalue weighted by atomic mass is 16.6. The lowest BCUT2D eigenvalue weighted by Gasteiger charge is -2.30. The molecule has 8 nitrogen and oxygen atoms in total. The molecule has 0 aromatic heterocycles. The Morgan fingerprint density at radius 1 is 1.19 bits per heavy atom. The molecule has 1 saturated heterocycles. The summed E-state index contributed by atoms with van der Waals surface area (Å²) in [5, 5.41) is 21.7. The molecule has 1 fully saturated rings. The van der Waals surface area contributed by atoms with Crippen molar-refractivity contribution in [1.29, 1.82) is 0 Å². The fourth-order valence-electron chi connectivity index (χ4n) is 2.49. The highest BCUT2D eigenvalue weighted by Crippen LogP contribution is 2.25. The second-order valence-corrected chi connectivity index (χ2v) is 5.25. The largest absolute Gasteiger partial charge is 0.338 e. The van der Waals surface area contributed by atoms with Crippen molar-refractivity contribution in [1.82, 2.24) is 4.90 Å². The lowest BCUT2D eigenvalue weighted by molar-refractivity contribution is -0.394. The van der Waals surface area contributed by atoms with Gasteiger partial charge in [-0.15, -0.1) is 0 Å². The Balaban J connectivity index is 2.35. The molecular formula is C13H15N3O5. The van der Waals surface area contributed by atoms with Crippen LogP contribution in [0.25, 0.3) is 0 Å². The van der Waals surface area contributed by atoms with Crippen LogP contribution in [-0.2, 0) is 0 Å². The molecule has 8 heteroatoms. The van der Waals surface area contributed by atoms with Gasteiger partial charge in [0.2, 0.25) is 0 Å². The monoisotopic (exact) mass is 293 g/mol. The summed E-state index contributed by atoms with van der Waals surface area (Å²) in [6.45, 7) is 3.16. The summed E-state index contributed by atoms with van der Waals surface area (Å²) < 4.78 is 0. The maximum Gasteiger partial charge on any atom is 0.277 e. The second kappa shape index (κ2) is 5.86. The first-order chi connectivity index (χ1) is 9.88. The first-order valence-electron chi connectivity index (χ1n) is 6.61. The van der Waals surface area contributed by atoms with Gasteiger partial charge in [0, 0.05) is 25.2 Å². The van der Waals surface area contributed by atoms with Crippen molar-refractivity contribution in [3.63, 3.8) is 0 Å². The van der Waals surface area contributed by atoms with Crippen molar-refractivity contribution in [2.24, 2.45) is 5.92 Å². The molecule has 0 unspecified atom stereocenters. The third kappa shape index (κ3) is 3.33. The molecule has 0 radical (unpaired) electrons. The first-order valence-corrected chi connectivity index (χ1v) is 6.61. The summed E-state index contributed by atoms with van der Waals surface area (Å²) in [5.74, 6) is -0.0373. The van der Waals surface area contributed by atoms with Gasteiger partial charge in [0.15, 0.2) is 0 Å². The van der Waals surface area contributed by atoms with Crippen LogP contribution >= 0.6 is 0 Å². The Labute approximate surface area is 120 Å². The number of likely N-dealkylation sites (tertiary alicyclic amines) is 1.